The molecule has 1 saturated heterocycles. The molecule has 1 atom stereocenters. The Morgan fingerprint density at radius 1 is 1.21 bits per heavy atom. The first-order chi connectivity index (χ1) is 9.27. The molecule has 2 aromatic rings. The van der Waals surface area contributed by atoms with E-state index in [0.29, 0.717) is 6.04 Å². The van der Waals surface area contributed by atoms with Gasteiger partial charge in [0.15, 0.2) is 0 Å². The molecule has 0 spiro atoms. The van der Waals surface area contributed by atoms with Crippen molar-refractivity contribution in [3.8, 4) is 0 Å². The normalized spacial score (nSPS) is 18.8. The number of aromatic nitrogens is 1. The summed E-state index contributed by atoms with van der Waals surface area (Å²) in [7, 11) is 0. The van der Waals surface area contributed by atoms with Crippen molar-refractivity contribution in [1.82, 2.24) is 4.98 Å². The van der Waals surface area contributed by atoms with Gasteiger partial charge in [0.1, 0.15) is 0 Å². The lowest BCUT2D eigenvalue weighted by molar-refractivity contribution is 0.716. The fourth-order valence-corrected chi connectivity index (χ4v) is 2.94. The summed E-state index contributed by atoms with van der Waals surface area (Å²) in [5, 5.41) is 0. The van der Waals surface area contributed by atoms with Crippen LogP contribution in [0.5, 0.6) is 0 Å². The summed E-state index contributed by atoms with van der Waals surface area (Å²) in [6, 6.07) is 10.9. The van der Waals surface area contributed by atoms with Crippen LogP contribution in [-0.2, 0) is 0 Å². The van der Waals surface area contributed by atoms with E-state index in [-0.39, 0.29) is 0 Å². The highest BCUT2D eigenvalue weighted by Crippen LogP contribution is 2.38. The van der Waals surface area contributed by atoms with Crippen LogP contribution in [0, 0.1) is 6.92 Å². The molecular weight excluding hydrogens is 234 g/mol. The van der Waals surface area contributed by atoms with E-state index in [2.05, 4.69) is 35.0 Å². The van der Waals surface area contributed by atoms with E-state index in [1.807, 2.05) is 24.5 Å². The molecule has 1 fully saturated rings. The second kappa shape index (κ2) is 4.92. The summed E-state index contributed by atoms with van der Waals surface area (Å²) in [6.45, 7) is 3.20. The average molecular weight is 253 g/mol. The molecule has 0 radical (unpaired) electrons. The van der Waals surface area contributed by atoms with Crippen molar-refractivity contribution in [2.45, 2.75) is 25.8 Å². The van der Waals surface area contributed by atoms with Crippen LogP contribution in [0.2, 0.25) is 0 Å². The number of hydrogen-bond donors (Lipinski definition) is 1. The Kier molecular flexibility index (Phi) is 3.11. The Labute approximate surface area is 114 Å². The minimum absolute atomic E-state index is 0.448. The zero-order valence-electron chi connectivity index (χ0n) is 11.2. The van der Waals surface area contributed by atoms with Crippen LogP contribution in [0.4, 0.5) is 11.4 Å². The fraction of sp³-hybridized carbons (Fsp3) is 0.312. The predicted octanol–water partition coefficient (Wildman–Crippen LogP) is 3.31. The first kappa shape index (κ1) is 12.0. The molecule has 1 aromatic heterocycles. The van der Waals surface area contributed by atoms with Crippen LogP contribution in [0.1, 0.15) is 30.0 Å². The van der Waals surface area contributed by atoms with Gasteiger partial charge in [-0.05, 0) is 55.2 Å². The van der Waals surface area contributed by atoms with Gasteiger partial charge in [-0.2, -0.15) is 0 Å². The van der Waals surface area contributed by atoms with Crippen molar-refractivity contribution in [3.05, 3.63) is 53.9 Å². The van der Waals surface area contributed by atoms with Crippen molar-refractivity contribution in [1.29, 1.82) is 0 Å². The first-order valence-electron chi connectivity index (χ1n) is 6.79. The minimum atomic E-state index is 0.448. The number of nitrogen functional groups attached to an aromatic ring is 1. The summed E-state index contributed by atoms with van der Waals surface area (Å²) >= 11 is 0. The van der Waals surface area contributed by atoms with Crippen LogP contribution < -0.4 is 10.6 Å². The van der Waals surface area contributed by atoms with E-state index in [1.165, 1.54) is 29.7 Å². The SMILES string of the molecule is Cc1c(N)cccc1N1CCCC1c1ccncc1. The molecule has 19 heavy (non-hydrogen) atoms. The van der Waals surface area contributed by atoms with Gasteiger partial charge in [-0.15, -0.1) is 0 Å². The quantitative estimate of drug-likeness (QED) is 0.835. The maximum atomic E-state index is 6.04. The number of nitrogens with zero attached hydrogens (tertiary/aromatic N) is 2. The Balaban J connectivity index is 1.98. The predicted molar refractivity (Wildman–Crippen MR) is 79.1 cm³/mol. The number of pyridine rings is 1. The Morgan fingerprint density at radius 2 is 2.00 bits per heavy atom. The van der Waals surface area contributed by atoms with Crippen LogP contribution in [0.25, 0.3) is 0 Å². The van der Waals surface area contributed by atoms with Crippen LogP contribution >= 0.6 is 0 Å². The maximum absolute atomic E-state index is 6.04. The molecule has 3 nitrogen and oxygen atoms in total. The summed E-state index contributed by atoms with van der Waals surface area (Å²) in [4.78, 5) is 6.58. The molecule has 0 bridgehead atoms. The molecule has 98 valence electrons. The number of nitrogens with two attached hydrogens (primary N) is 1. The second-order valence-electron chi connectivity index (χ2n) is 5.12. The smallest absolute Gasteiger partial charge is 0.0544 e. The summed E-state index contributed by atoms with van der Waals surface area (Å²) in [5.74, 6) is 0. The van der Waals surface area contributed by atoms with Crippen LogP contribution in [0.15, 0.2) is 42.7 Å². The standard InChI is InChI=1S/C16H19N3/c1-12-14(17)4-2-5-15(12)19-11-3-6-16(19)13-7-9-18-10-8-13/h2,4-5,7-10,16H,3,6,11,17H2,1H3. The van der Waals surface area contributed by atoms with Gasteiger partial charge in [0.25, 0.3) is 0 Å². The summed E-state index contributed by atoms with van der Waals surface area (Å²) in [5.41, 5.74) is 10.7. The zero-order valence-corrected chi connectivity index (χ0v) is 11.2. The maximum Gasteiger partial charge on any atom is 0.0544 e. The minimum Gasteiger partial charge on any atom is -0.398 e. The summed E-state index contributed by atoms with van der Waals surface area (Å²) < 4.78 is 0. The summed E-state index contributed by atoms with van der Waals surface area (Å²) in [6.07, 6.45) is 6.16. The highest BCUT2D eigenvalue weighted by Gasteiger charge is 2.27. The monoisotopic (exact) mass is 253 g/mol. The van der Waals surface area contributed by atoms with E-state index in [4.69, 9.17) is 5.73 Å². The lowest BCUT2D eigenvalue weighted by Gasteiger charge is -2.29. The molecular formula is C16H19N3. The molecule has 0 aliphatic carbocycles. The fourth-order valence-electron chi connectivity index (χ4n) is 2.94. The van der Waals surface area contributed by atoms with Gasteiger partial charge in [0.05, 0.1) is 6.04 Å². The van der Waals surface area contributed by atoms with E-state index in [9.17, 15) is 0 Å². The molecule has 2 N–H and O–H groups in total. The van der Waals surface area contributed by atoms with Gasteiger partial charge >= 0.3 is 0 Å². The van der Waals surface area contributed by atoms with Gasteiger partial charge < -0.3 is 10.6 Å². The number of rotatable bonds is 2. The van der Waals surface area contributed by atoms with Gasteiger partial charge in [0.2, 0.25) is 0 Å². The molecule has 1 aliphatic rings. The molecule has 1 unspecified atom stereocenters. The topological polar surface area (TPSA) is 42.1 Å². The third kappa shape index (κ3) is 2.16. The molecule has 1 aliphatic heterocycles. The average Bonchev–Trinajstić information content (AvgIpc) is 2.92. The third-order valence-corrected chi connectivity index (χ3v) is 4.00. The van der Waals surface area contributed by atoms with Crippen molar-refractivity contribution in [3.63, 3.8) is 0 Å². The van der Waals surface area contributed by atoms with Gasteiger partial charge in [-0.3, -0.25) is 4.98 Å². The van der Waals surface area contributed by atoms with Gasteiger partial charge in [-0.25, -0.2) is 0 Å². The largest absolute Gasteiger partial charge is 0.398 e. The molecule has 3 rings (SSSR count). The second-order valence-corrected chi connectivity index (χ2v) is 5.12. The van der Waals surface area contributed by atoms with Gasteiger partial charge in [-0.1, -0.05) is 6.07 Å². The number of hydrogen-bond acceptors (Lipinski definition) is 3. The lowest BCUT2D eigenvalue weighted by Crippen LogP contribution is -2.23. The van der Waals surface area contributed by atoms with Gasteiger partial charge in [0, 0.05) is 30.3 Å². The molecule has 0 saturated carbocycles. The lowest BCUT2D eigenvalue weighted by atomic mass is 10.0. The van der Waals surface area contributed by atoms with Crippen LogP contribution in [0.3, 0.4) is 0 Å². The van der Waals surface area contributed by atoms with Crippen LogP contribution in [-0.4, -0.2) is 11.5 Å². The Morgan fingerprint density at radius 3 is 2.79 bits per heavy atom. The first-order valence-corrected chi connectivity index (χ1v) is 6.79. The highest BCUT2D eigenvalue weighted by molar-refractivity contribution is 5.65. The molecule has 0 amide bonds. The van der Waals surface area contributed by atoms with Crippen molar-refractivity contribution in [2.75, 3.05) is 17.2 Å². The van der Waals surface area contributed by atoms with E-state index >= 15 is 0 Å². The van der Waals surface area contributed by atoms with E-state index in [1.54, 1.807) is 0 Å². The third-order valence-electron chi connectivity index (χ3n) is 4.00. The Bertz CT molecular complexity index is 565. The number of benzene rings is 1. The molecule has 3 heteroatoms. The van der Waals surface area contributed by atoms with E-state index < -0.39 is 0 Å². The molecule has 1 aromatic carbocycles. The zero-order chi connectivity index (χ0) is 13.2. The highest BCUT2D eigenvalue weighted by atomic mass is 15.2. The molecule has 2 heterocycles. The van der Waals surface area contributed by atoms with E-state index in [0.717, 1.165) is 12.2 Å². The van der Waals surface area contributed by atoms with Crippen molar-refractivity contribution < 1.29 is 0 Å². The van der Waals surface area contributed by atoms with Crippen molar-refractivity contribution >= 4 is 11.4 Å². The Hall–Kier alpha value is -2.03. The number of anilines is 2. The van der Waals surface area contributed by atoms with Crippen molar-refractivity contribution in [2.24, 2.45) is 0 Å².